The number of fused-ring (bicyclic) bond motifs is 3. The fourth-order valence-electron chi connectivity index (χ4n) is 12.2. The molecule has 3 saturated heterocycles. The van der Waals surface area contributed by atoms with Crippen molar-refractivity contribution in [3.05, 3.63) is 122 Å². The smallest absolute Gasteiger partial charge is 0.384 e. The third-order valence-corrected chi connectivity index (χ3v) is 16.3. The van der Waals surface area contributed by atoms with Crippen molar-refractivity contribution in [1.82, 2.24) is 25.4 Å². The Hall–Kier alpha value is -6.35. The minimum atomic E-state index is -4.71. The Bertz CT molecular complexity index is 3060. The second kappa shape index (κ2) is 17.9. The molecule has 5 amide bonds. The number of benzene rings is 3. The van der Waals surface area contributed by atoms with Crippen molar-refractivity contribution in [2.24, 2.45) is 22.5 Å². The monoisotopic (exact) mass is 1020 g/mol. The summed E-state index contributed by atoms with van der Waals surface area (Å²) in [6.07, 6.45) is -0.239. The van der Waals surface area contributed by atoms with Gasteiger partial charge >= 0.3 is 6.18 Å². The van der Waals surface area contributed by atoms with E-state index in [1.165, 1.54) is 17.2 Å². The second-order valence-electron chi connectivity index (χ2n) is 22.5. The van der Waals surface area contributed by atoms with E-state index in [9.17, 15) is 37.1 Å². The molecule has 5 aliphatic heterocycles. The van der Waals surface area contributed by atoms with Crippen LogP contribution in [0.15, 0.2) is 66.9 Å². The zero-order chi connectivity index (χ0) is 52.2. The van der Waals surface area contributed by atoms with Gasteiger partial charge in [-0.15, -0.1) is 0 Å². The van der Waals surface area contributed by atoms with E-state index >= 15 is 4.39 Å². The maximum absolute atomic E-state index is 16.4. The van der Waals surface area contributed by atoms with Crippen LogP contribution in [0.3, 0.4) is 0 Å². The van der Waals surface area contributed by atoms with Crippen LogP contribution in [-0.4, -0.2) is 82.1 Å². The van der Waals surface area contributed by atoms with Crippen molar-refractivity contribution in [2.45, 2.75) is 121 Å². The number of halogens is 5. The average molecular weight is 1020 g/mol. The highest BCUT2D eigenvalue weighted by Gasteiger charge is 2.62. The van der Waals surface area contributed by atoms with Crippen LogP contribution < -0.4 is 27.0 Å². The molecule has 0 radical (unpaired) electrons. The first-order valence-electron chi connectivity index (χ1n) is 24.7. The van der Waals surface area contributed by atoms with Gasteiger partial charge in [0.2, 0.25) is 17.7 Å². The Morgan fingerprint density at radius 1 is 1.00 bits per heavy atom. The number of anilines is 2. The van der Waals surface area contributed by atoms with Crippen LogP contribution in [0.25, 0.3) is 0 Å². The van der Waals surface area contributed by atoms with E-state index in [0.717, 1.165) is 36.5 Å². The van der Waals surface area contributed by atoms with E-state index in [-0.39, 0.29) is 76.7 Å². The van der Waals surface area contributed by atoms with E-state index in [1.807, 2.05) is 31.7 Å². The topological polar surface area (TPSA) is 179 Å². The number of likely N-dealkylation sites (tertiary alicyclic amines) is 1. The summed E-state index contributed by atoms with van der Waals surface area (Å²) in [7, 11) is 0. The highest BCUT2D eigenvalue weighted by atomic mass is 35.5. The molecule has 13 nitrogen and oxygen atoms in total. The molecule has 1 aromatic heterocycles. The highest BCUT2D eigenvalue weighted by molar-refractivity contribution is 6.30. The zero-order valence-electron chi connectivity index (χ0n) is 41.2. The van der Waals surface area contributed by atoms with Gasteiger partial charge in [-0.3, -0.25) is 34.3 Å². The van der Waals surface area contributed by atoms with Crippen molar-refractivity contribution >= 4 is 52.5 Å². The summed E-state index contributed by atoms with van der Waals surface area (Å²) in [6, 6.07) is 13.5. The van der Waals surface area contributed by atoms with Crippen LogP contribution in [0, 0.1) is 34.4 Å². The first-order valence-corrected chi connectivity index (χ1v) is 25.1. The molecule has 73 heavy (non-hydrogen) atoms. The predicted octanol–water partition coefficient (Wildman–Crippen LogP) is 8.00. The number of piperidine rings is 2. The van der Waals surface area contributed by atoms with Gasteiger partial charge in [-0.2, -0.15) is 13.2 Å². The van der Waals surface area contributed by atoms with Gasteiger partial charge in [-0.25, -0.2) is 4.39 Å². The molecule has 1 aliphatic carbocycles. The van der Waals surface area contributed by atoms with E-state index in [4.69, 9.17) is 17.3 Å². The summed E-state index contributed by atoms with van der Waals surface area (Å²) in [6.45, 7) is 10.9. The lowest BCUT2D eigenvalue weighted by atomic mass is 9.63. The van der Waals surface area contributed by atoms with Crippen molar-refractivity contribution in [3.63, 3.8) is 0 Å². The van der Waals surface area contributed by atoms with E-state index in [2.05, 4.69) is 38.1 Å². The number of rotatable bonds is 7. The SMILES string of the molecule is CC(C)(C)CC1NC(C(=O)Nc2ccc(C(=O)N3CCC4(CC3)C[C@@H]4C#Cc3cccc4c3CN([C@H]3CCC(=O)NC3=O)C4=O)cc2C(C)(C)N)C(c2cccc(Cl)c2F)C12CNc1cc(C(F)(F)F)ncc12. The van der Waals surface area contributed by atoms with Crippen molar-refractivity contribution in [1.29, 1.82) is 0 Å². The molecule has 382 valence electrons. The molecule has 6 atom stereocenters. The molecular formula is C55H57ClF4N8O5. The average Bonchev–Trinajstić information content (AvgIpc) is 3.53. The Morgan fingerprint density at radius 3 is 2.44 bits per heavy atom. The maximum Gasteiger partial charge on any atom is 0.433 e. The Labute approximate surface area is 425 Å². The molecule has 2 spiro atoms. The second-order valence-corrected chi connectivity index (χ2v) is 22.9. The number of aromatic nitrogens is 1. The predicted molar refractivity (Wildman–Crippen MR) is 266 cm³/mol. The van der Waals surface area contributed by atoms with Crippen molar-refractivity contribution in [2.75, 3.05) is 30.3 Å². The van der Waals surface area contributed by atoms with E-state index in [1.54, 1.807) is 56.3 Å². The molecular weight excluding hydrogens is 964 g/mol. The van der Waals surface area contributed by atoms with Gasteiger partial charge in [-0.1, -0.05) is 62.4 Å². The van der Waals surface area contributed by atoms with Gasteiger partial charge < -0.3 is 31.5 Å². The quantitative estimate of drug-likeness (QED) is 0.0697. The van der Waals surface area contributed by atoms with Crippen molar-refractivity contribution < 1.29 is 41.5 Å². The van der Waals surface area contributed by atoms with Crippen LogP contribution in [0.5, 0.6) is 0 Å². The third-order valence-electron chi connectivity index (χ3n) is 16.0. The van der Waals surface area contributed by atoms with E-state index < -0.39 is 64.5 Å². The third kappa shape index (κ3) is 9.03. The number of carbonyl (C=O) groups is 5. The van der Waals surface area contributed by atoms with Gasteiger partial charge in [0, 0.05) is 101 Å². The largest absolute Gasteiger partial charge is 0.433 e. The summed E-state index contributed by atoms with van der Waals surface area (Å²) in [5, 5.41) is 11.9. The molecule has 4 aromatic rings. The fraction of sp³-hybridized carbons (Fsp3) is 0.455. The summed E-state index contributed by atoms with van der Waals surface area (Å²) >= 11 is 6.41. The summed E-state index contributed by atoms with van der Waals surface area (Å²) in [4.78, 5) is 74.1. The lowest BCUT2D eigenvalue weighted by Crippen LogP contribution is -2.52. The van der Waals surface area contributed by atoms with Crippen LogP contribution in [0.1, 0.15) is 133 Å². The summed E-state index contributed by atoms with van der Waals surface area (Å²) < 4.78 is 58.3. The van der Waals surface area contributed by atoms with Gasteiger partial charge in [0.25, 0.3) is 11.8 Å². The van der Waals surface area contributed by atoms with Crippen LogP contribution in [-0.2, 0) is 38.1 Å². The van der Waals surface area contributed by atoms with Gasteiger partial charge in [0.05, 0.1) is 11.1 Å². The molecule has 10 rings (SSSR count). The normalized spacial score (nSPS) is 25.2. The van der Waals surface area contributed by atoms with Gasteiger partial charge in [-0.05, 0) is 116 Å². The molecule has 1 saturated carbocycles. The van der Waals surface area contributed by atoms with Gasteiger partial charge in [0.1, 0.15) is 17.6 Å². The number of nitrogens with two attached hydrogens (primary N) is 1. The van der Waals surface area contributed by atoms with Gasteiger partial charge in [0.15, 0.2) is 0 Å². The number of hydrogen-bond acceptors (Lipinski definition) is 9. The van der Waals surface area contributed by atoms with Crippen LogP contribution in [0.2, 0.25) is 5.02 Å². The molecule has 3 aromatic carbocycles. The number of alkyl halides is 3. The number of nitrogens with zero attached hydrogens (tertiary/aromatic N) is 3. The molecule has 6 N–H and O–H groups in total. The molecule has 6 aliphatic rings. The number of imide groups is 1. The lowest BCUT2D eigenvalue weighted by Gasteiger charge is -2.39. The number of pyridine rings is 1. The molecule has 6 heterocycles. The number of amides is 5. The zero-order valence-corrected chi connectivity index (χ0v) is 41.9. The first-order chi connectivity index (χ1) is 34.4. The Balaban J connectivity index is 0.865. The highest BCUT2D eigenvalue weighted by Crippen LogP contribution is 2.60. The number of carbonyl (C=O) groups excluding carboxylic acids is 5. The summed E-state index contributed by atoms with van der Waals surface area (Å²) in [5.41, 5.74) is 7.05. The standard InChI is InChI=1S/C55H57ClF4N8O5/c1-51(2,3)25-42-54(28-63-39-23-41(55(58,59)60)62-26-36(39)54)44(33-10-7-11-37(56)45(33)57)46(65-42)48(71)64-38-15-13-30(22-35(38)52(4,5)61)49(72)67-20-18-53(19-21-67)24-31(53)14-12-29-8-6-9-32-34(29)27-68(50(32)73)40-16-17-43(69)66-47(40)70/h6-11,13,15,22-23,26,31,40,42,44,46,63,65H,16-21,24-25,27-28,61H2,1-5H3,(H,64,71)(H,66,69,70)/t31-,40-,42?,44?,46?,54?/m0/s1. The number of nitrogens with one attached hydrogen (secondary N) is 4. The lowest BCUT2D eigenvalue weighted by molar-refractivity contribution is -0.141. The molecule has 18 heteroatoms. The Kier molecular flexibility index (Phi) is 12.3. The minimum absolute atomic E-state index is 0.0430. The maximum atomic E-state index is 16.4. The first kappa shape index (κ1) is 50.2. The molecule has 4 fully saturated rings. The molecule has 0 bridgehead atoms. The van der Waals surface area contributed by atoms with Crippen LogP contribution in [0.4, 0.5) is 28.9 Å². The van der Waals surface area contributed by atoms with E-state index in [0.29, 0.717) is 47.5 Å². The van der Waals surface area contributed by atoms with Crippen molar-refractivity contribution in [3.8, 4) is 11.8 Å². The number of hydrogen-bond donors (Lipinski definition) is 5. The minimum Gasteiger partial charge on any atom is -0.384 e. The Morgan fingerprint density at radius 2 is 1.74 bits per heavy atom. The van der Waals surface area contributed by atoms with Crippen LogP contribution >= 0.6 is 11.6 Å². The molecule has 4 unspecified atom stereocenters. The fourth-order valence-corrected chi connectivity index (χ4v) is 12.3. The summed E-state index contributed by atoms with van der Waals surface area (Å²) in [5.74, 6) is 3.38.